The van der Waals surface area contributed by atoms with Crippen LogP contribution < -0.4 is 4.74 Å². The molecule has 0 radical (unpaired) electrons. The molecule has 1 aliphatic heterocycles. The number of hydrogen-bond acceptors (Lipinski definition) is 3. The molecule has 0 atom stereocenters. The molecule has 4 nitrogen and oxygen atoms in total. The zero-order chi connectivity index (χ0) is 18.4. The van der Waals surface area contributed by atoms with E-state index in [0.29, 0.717) is 0 Å². The van der Waals surface area contributed by atoms with Crippen molar-refractivity contribution in [2.24, 2.45) is 0 Å². The summed E-state index contributed by atoms with van der Waals surface area (Å²) in [5, 5.41) is 0. The van der Waals surface area contributed by atoms with Gasteiger partial charge in [0.05, 0.1) is 7.11 Å². The number of piperazine rings is 1. The van der Waals surface area contributed by atoms with Crippen molar-refractivity contribution in [1.29, 1.82) is 0 Å². The number of carbonyl (C=O) groups is 1. The molecule has 0 aliphatic carbocycles. The molecule has 26 heavy (non-hydrogen) atoms. The summed E-state index contributed by atoms with van der Waals surface area (Å²) in [6.07, 6.45) is 3.58. The summed E-state index contributed by atoms with van der Waals surface area (Å²) in [6, 6.07) is 16.4. The summed E-state index contributed by atoms with van der Waals surface area (Å²) >= 11 is 0. The first-order chi connectivity index (χ1) is 12.6. The van der Waals surface area contributed by atoms with Crippen LogP contribution in [0.2, 0.25) is 0 Å². The van der Waals surface area contributed by atoms with Crippen LogP contribution >= 0.6 is 0 Å². The number of ether oxygens (including phenoxy) is 1. The summed E-state index contributed by atoms with van der Waals surface area (Å²) in [5.41, 5.74) is 3.55. The van der Waals surface area contributed by atoms with Crippen molar-refractivity contribution in [3.8, 4) is 5.75 Å². The summed E-state index contributed by atoms with van der Waals surface area (Å²) < 4.78 is 5.20. The van der Waals surface area contributed by atoms with Gasteiger partial charge in [0.25, 0.3) is 0 Å². The molecule has 0 unspecified atom stereocenters. The maximum Gasteiger partial charge on any atom is 0.246 e. The Balaban J connectivity index is 1.47. The molecule has 0 saturated carbocycles. The number of benzene rings is 2. The molecule has 1 heterocycles. The van der Waals surface area contributed by atoms with Gasteiger partial charge in [0, 0.05) is 38.8 Å². The highest BCUT2D eigenvalue weighted by atomic mass is 16.5. The summed E-state index contributed by atoms with van der Waals surface area (Å²) in [6.45, 7) is 6.31. The molecule has 2 aromatic carbocycles. The van der Waals surface area contributed by atoms with Gasteiger partial charge >= 0.3 is 0 Å². The third-order valence-electron chi connectivity index (χ3n) is 4.74. The van der Waals surface area contributed by atoms with Crippen molar-refractivity contribution in [2.75, 3.05) is 33.3 Å². The summed E-state index contributed by atoms with van der Waals surface area (Å²) in [5.74, 6) is 0.971. The van der Waals surface area contributed by atoms with Crippen LogP contribution in [0.15, 0.2) is 54.6 Å². The smallest absolute Gasteiger partial charge is 0.246 e. The fraction of sp³-hybridized carbons (Fsp3) is 0.318. The quantitative estimate of drug-likeness (QED) is 0.775. The Bertz CT molecular complexity index is 743. The van der Waals surface area contributed by atoms with Gasteiger partial charge < -0.3 is 9.64 Å². The first kappa shape index (κ1) is 18.2. The van der Waals surface area contributed by atoms with Crippen LogP contribution in [0.5, 0.6) is 5.75 Å². The molecule has 2 aromatic rings. The van der Waals surface area contributed by atoms with Gasteiger partial charge in [-0.05, 0) is 36.3 Å². The molecule has 0 N–H and O–H groups in total. The number of hydrogen-bond donors (Lipinski definition) is 0. The molecule has 1 amide bonds. The molecule has 0 spiro atoms. The minimum atomic E-state index is 0.0923. The first-order valence-electron chi connectivity index (χ1n) is 9.03. The minimum absolute atomic E-state index is 0.0923. The van der Waals surface area contributed by atoms with Gasteiger partial charge in [-0.2, -0.15) is 0 Å². The maximum absolute atomic E-state index is 12.4. The van der Waals surface area contributed by atoms with Crippen LogP contribution in [-0.4, -0.2) is 49.0 Å². The zero-order valence-electron chi connectivity index (χ0n) is 15.5. The predicted octanol–water partition coefficient (Wildman–Crippen LogP) is 3.36. The van der Waals surface area contributed by atoms with E-state index in [9.17, 15) is 4.79 Å². The highest BCUT2D eigenvalue weighted by Crippen LogP contribution is 2.14. The van der Waals surface area contributed by atoms with Gasteiger partial charge in [0.2, 0.25) is 5.91 Å². The second kappa shape index (κ2) is 8.68. The Kier molecular flexibility index (Phi) is 6.08. The Morgan fingerprint density at radius 3 is 2.27 bits per heavy atom. The van der Waals surface area contributed by atoms with Crippen LogP contribution in [-0.2, 0) is 11.3 Å². The standard InChI is InChI=1S/C22H26N2O2/c1-18-3-5-19(6-4-18)9-12-22(25)24-15-13-23(14-16-24)17-20-7-10-21(26-2)11-8-20/h3-12H,13-17H2,1-2H3/b12-9+. The first-order valence-corrected chi connectivity index (χ1v) is 9.03. The van der Waals surface area contributed by atoms with Crippen molar-refractivity contribution in [2.45, 2.75) is 13.5 Å². The number of rotatable bonds is 5. The average molecular weight is 350 g/mol. The summed E-state index contributed by atoms with van der Waals surface area (Å²) in [4.78, 5) is 16.7. The normalized spacial score (nSPS) is 15.4. The highest BCUT2D eigenvalue weighted by molar-refractivity contribution is 5.91. The molecular formula is C22H26N2O2. The van der Waals surface area contributed by atoms with Crippen LogP contribution in [0.25, 0.3) is 6.08 Å². The molecule has 0 bridgehead atoms. The Hall–Kier alpha value is -2.59. The van der Waals surface area contributed by atoms with Crippen LogP contribution in [0, 0.1) is 6.92 Å². The maximum atomic E-state index is 12.4. The van der Waals surface area contributed by atoms with E-state index in [1.165, 1.54) is 11.1 Å². The lowest BCUT2D eigenvalue weighted by molar-refractivity contribution is -0.127. The van der Waals surface area contributed by atoms with E-state index in [-0.39, 0.29) is 5.91 Å². The van der Waals surface area contributed by atoms with Crippen molar-refractivity contribution >= 4 is 12.0 Å². The van der Waals surface area contributed by atoms with Crippen LogP contribution in [0.3, 0.4) is 0 Å². The fourth-order valence-electron chi connectivity index (χ4n) is 3.07. The van der Waals surface area contributed by atoms with E-state index in [0.717, 1.165) is 44.0 Å². The van der Waals surface area contributed by atoms with E-state index in [1.807, 2.05) is 35.2 Å². The van der Waals surface area contributed by atoms with Crippen molar-refractivity contribution < 1.29 is 9.53 Å². The topological polar surface area (TPSA) is 32.8 Å². The van der Waals surface area contributed by atoms with E-state index >= 15 is 0 Å². The molecule has 1 saturated heterocycles. The second-order valence-corrected chi connectivity index (χ2v) is 6.69. The molecule has 0 aromatic heterocycles. The molecule has 3 rings (SSSR count). The van der Waals surface area contributed by atoms with Crippen molar-refractivity contribution in [3.63, 3.8) is 0 Å². The molecule has 4 heteroatoms. The lowest BCUT2D eigenvalue weighted by Gasteiger charge is -2.34. The second-order valence-electron chi connectivity index (χ2n) is 6.69. The minimum Gasteiger partial charge on any atom is -0.497 e. The SMILES string of the molecule is COc1ccc(CN2CCN(C(=O)/C=C/c3ccc(C)cc3)CC2)cc1. The number of aryl methyl sites for hydroxylation is 1. The van der Waals surface area contributed by atoms with Gasteiger partial charge in [-0.25, -0.2) is 0 Å². The lowest BCUT2D eigenvalue weighted by Crippen LogP contribution is -2.47. The van der Waals surface area contributed by atoms with E-state index < -0.39 is 0 Å². The average Bonchev–Trinajstić information content (AvgIpc) is 2.68. The molecule has 1 fully saturated rings. The number of nitrogens with zero attached hydrogens (tertiary/aromatic N) is 2. The van der Waals surface area contributed by atoms with Crippen LogP contribution in [0.4, 0.5) is 0 Å². The molecular weight excluding hydrogens is 324 g/mol. The van der Waals surface area contributed by atoms with Gasteiger partial charge in [-0.15, -0.1) is 0 Å². The largest absolute Gasteiger partial charge is 0.497 e. The zero-order valence-corrected chi connectivity index (χ0v) is 15.5. The van der Waals surface area contributed by atoms with E-state index in [4.69, 9.17) is 4.74 Å². The Morgan fingerprint density at radius 1 is 1.00 bits per heavy atom. The summed E-state index contributed by atoms with van der Waals surface area (Å²) in [7, 11) is 1.68. The van der Waals surface area contributed by atoms with Crippen molar-refractivity contribution in [1.82, 2.24) is 9.80 Å². The van der Waals surface area contributed by atoms with E-state index in [2.05, 4.69) is 36.1 Å². The highest BCUT2D eigenvalue weighted by Gasteiger charge is 2.19. The Morgan fingerprint density at radius 2 is 1.65 bits per heavy atom. The third-order valence-corrected chi connectivity index (χ3v) is 4.74. The third kappa shape index (κ3) is 4.96. The van der Waals surface area contributed by atoms with Gasteiger partial charge in [-0.3, -0.25) is 9.69 Å². The number of amides is 1. The van der Waals surface area contributed by atoms with E-state index in [1.54, 1.807) is 13.2 Å². The van der Waals surface area contributed by atoms with Gasteiger partial charge in [0.1, 0.15) is 5.75 Å². The fourth-order valence-corrected chi connectivity index (χ4v) is 3.07. The monoisotopic (exact) mass is 350 g/mol. The lowest BCUT2D eigenvalue weighted by atomic mass is 10.1. The predicted molar refractivity (Wildman–Crippen MR) is 105 cm³/mol. The Labute approximate surface area is 155 Å². The van der Waals surface area contributed by atoms with Gasteiger partial charge in [0.15, 0.2) is 0 Å². The molecule has 136 valence electrons. The molecule has 1 aliphatic rings. The number of methoxy groups -OCH3 is 1. The van der Waals surface area contributed by atoms with Gasteiger partial charge in [-0.1, -0.05) is 42.0 Å². The number of carbonyl (C=O) groups excluding carboxylic acids is 1. The van der Waals surface area contributed by atoms with Crippen LogP contribution in [0.1, 0.15) is 16.7 Å². The van der Waals surface area contributed by atoms with Crippen molar-refractivity contribution in [3.05, 3.63) is 71.3 Å².